The number of hydrogen-bond donors (Lipinski definition) is 0. The first-order valence-corrected chi connectivity index (χ1v) is 6.65. The van der Waals surface area contributed by atoms with Crippen LogP contribution in [0.5, 0.6) is 0 Å². The molecule has 0 aromatic heterocycles. The third-order valence-electron chi connectivity index (χ3n) is 4.24. The minimum absolute atomic E-state index is 0.872. The SMILES string of the molecule is CCC(C(C)C)C(C)CC1CCCC1. The average Bonchev–Trinajstić information content (AvgIpc) is 2.57. The summed E-state index contributed by atoms with van der Waals surface area (Å²) in [5.41, 5.74) is 0. The fraction of sp³-hybridized carbons (Fsp3) is 1.00. The molecule has 2 unspecified atom stereocenters. The summed E-state index contributed by atoms with van der Waals surface area (Å²) in [6.07, 6.45) is 8.88. The lowest BCUT2D eigenvalue weighted by Crippen LogP contribution is -2.19. The van der Waals surface area contributed by atoms with Crippen LogP contribution in [0.1, 0.15) is 66.2 Å². The van der Waals surface area contributed by atoms with Gasteiger partial charge in [0.25, 0.3) is 0 Å². The Labute approximate surface area is 90.5 Å². The maximum atomic E-state index is 2.48. The molecule has 2 atom stereocenters. The van der Waals surface area contributed by atoms with E-state index in [2.05, 4.69) is 27.7 Å². The fourth-order valence-electron chi connectivity index (χ4n) is 3.48. The Morgan fingerprint density at radius 2 is 1.64 bits per heavy atom. The summed E-state index contributed by atoms with van der Waals surface area (Å²) in [4.78, 5) is 0. The standard InChI is InChI=1S/C14H28/c1-5-14(11(2)3)12(4)10-13-8-6-7-9-13/h11-14H,5-10H2,1-4H3. The van der Waals surface area contributed by atoms with Crippen LogP contribution in [0.4, 0.5) is 0 Å². The second-order valence-electron chi connectivity index (χ2n) is 5.68. The van der Waals surface area contributed by atoms with Gasteiger partial charge in [0.2, 0.25) is 0 Å². The van der Waals surface area contributed by atoms with Gasteiger partial charge in [0, 0.05) is 0 Å². The van der Waals surface area contributed by atoms with Gasteiger partial charge < -0.3 is 0 Å². The molecule has 0 saturated heterocycles. The van der Waals surface area contributed by atoms with E-state index in [9.17, 15) is 0 Å². The highest BCUT2D eigenvalue weighted by molar-refractivity contribution is 4.75. The van der Waals surface area contributed by atoms with Crippen LogP contribution in [0.25, 0.3) is 0 Å². The van der Waals surface area contributed by atoms with Crippen molar-refractivity contribution >= 4 is 0 Å². The molecule has 0 radical (unpaired) electrons. The van der Waals surface area contributed by atoms with E-state index in [4.69, 9.17) is 0 Å². The van der Waals surface area contributed by atoms with Gasteiger partial charge in [-0.05, 0) is 30.1 Å². The maximum absolute atomic E-state index is 2.48. The zero-order chi connectivity index (χ0) is 10.6. The first-order chi connectivity index (χ1) is 6.65. The smallest absolute Gasteiger partial charge is 0.0368 e. The highest BCUT2D eigenvalue weighted by Gasteiger charge is 2.24. The van der Waals surface area contributed by atoms with E-state index in [1.165, 1.54) is 38.5 Å². The van der Waals surface area contributed by atoms with Crippen molar-refractivity contribution in [2.75, 3.05) is 0 Å². The van der Waals surface area contributed by atoms with Gasteiger partial charge in [-0.15, -0.1) is 0 Å². The van der Waals surface area contributed by atoms with Gasteiger partial charge in [-0.1, -0.05) is 59.8 Å². The number of hydrogen-bond acceptors (Lipinski definition) is 0. The first-order valence-electron chi connectivity index (χ1n) is 6.65. The zero-order valence-corrected chi connectivity index (χ0v) is 10.6. The summed E-state index contributed by atoms with van der Waals surface area (Å²) in [7, 11) is 0. The Kier molecular flexibility index (Phi) is 4.98. The van der Waals surface area contributed by atoms with E-state index in [1.54, 1.807) is 0 Å². The van der Waals surface area contributed by atoms with Gasteiger partial charge in [0.1, 0.15) is 0 Å². The van der Waals surface area contributed by atoms with Crippen molar-refractivity contribution in [3.05, 3.63) is 0 Å². The van der Waals surface area contributed by atoms with Crippen molar-refractivity contribution in [3.8, 4) is 0 Å². The molecule has 0 nitrogen and oxygen atoms in total. The summed E-state index contributed by atoms with van der Waals surface area (Å²) in [6, 6.07) is 0. The fourth-order valence-corrected chi connectivity index (χ4v) is 3.48. The largest absolute Gasteiger partial charge is 0.0651 e. The van der Waals surface area contributed by atoms with E-state index < -0.39 is 0 Å². The van der Waals surface area contributed by atoms with Crippen LogP contribution in [-0.4, -0.2) is 0 Å². The second kappa shape index (κ2) is 5.78. The quantitative estimate of drug-likeness (QED) is 0.587. The first kappa shape index (κ1) is 12.1. The molecule has 1 fully saturated rings. The average molecular weight is 196 g/mol. The minimum Gasteiger partial charge on any atom is -0.0651 e. The molecule has 84 valence electrons. The Balaban J connectivity index is 2.34. The molecule has 0 bridgehead atoms. The van der Waals surface area contributed by atoms with Crippen LogP contribution in [0, 0.1) is 23.7 Å². The topological polar surface area (TPSA) is 0 Å². The maximum Gasteiger partial charge on any atom is -0.0368 e. The van der Waals surface area contributed by atoms with Gasteiger partial charge in [-0.25, -0.2) is 0 Å². The molecule has 1 saturated carbocycles. The summed E-state index contributed by atoms with van der Waals surface area (Å²) < 4.78 is 0. The molecule has 0 heterocycles. The van der Waals surface area contributed by atoms with E-state index in [0.717, 1.165) is 23.7 Å². The lowest BCUT2D eigenvalue weighted by atomic mass is 9.78. The lowest BCUT2D eigenvalue weighted by Gasteiger charge is -2.28. The van der Waals surface area contributed by atoms with Gasteiger partial charge in [-0.3, -0.25) is 0 Å². The van der Waals surface area contributed by atoms with Crippen LogP contribution in [-0.2, 0) is 0 Å². The molecule has 1 aliphatic carbocycles. The third-order valence-corrected chi connectivity index (χ3v) is 4.24. The van der Waals surface area contributed by atoms with Crippen molar-refractivity contribution in [2.24, 2.45) is 23.7 Å². The van der Waals surface area contributed by atoms with E-state index >= 15 is 0 Å². The molecule has 0 amide bonds. The Morgan fingerprint density at radius 3 is 2.07 bits per heavy atom. The van der Waals surface area contributed by atoms with Crippen molar-refractivity contribution in [2.45, 2.75) is 66.2 Å². The molecule has 1 aliphatic rings. The zero-order valence-electron chi connectivity index (χ0n) is 10.6. The molecular weight excluding hydrogens is 168 g/mol. The summed E-state index contributed by atoms with van der Waals surface area (Å²) in [6.45, 7) is 9.61. The molecule has 0 spiro atoms. The van der Waals surface area contributed by atoms with E-state index in [1.807, 2.05) is 0 Å². The molecule has 0 aromatic rings. The molecule has 14 heavy (non-hydrogen) atoms. The summed E-state index contributed by atoms with van der Waals surface area (Å²) >= 11 is 0. The Bertz CT molecular complexity index is 142. The molecule has 0 aromatic carbocycles. The molecule has 0 aliphatic heterocycles. The van der Waals surface area contributed by atoms with Gasteiger partial charge >= 0.3 is 0 Å². The predicted octanol–water partition coefficient (Wildman–Crippen LogP) is 4.89. The van der Waals surface area contributed by atoms with Gasteiger partial charge in [0.15, 0.2) is 0 Å². The Morgan fingerprint density at radius 1 is 1.07 bits per heavy atom. The Hall–Kier alpha value is 0. The van der Waals surface area contributed by atoms with E-state index in [-0.39, 0.29) is 0 Å². The highest BCUT2D eigenvalue weighted by atomic mass is 14.3. The normalized spacial score (nSPS) is 22.9. The predicted molar refractivity (Wildman–Crippen MR) is 64.4 cm³/mol. The molecular formula is C14H28. The highest BCUT2D eigenvalue weighted by Crippen LogP contribution is 2.35. The third kappa shape index (κ3) is 3.29. The lowest BCUT2D eigenvalue weighted by molar-refractivity contribution is 0.222. The van der Waals surface area contributed by atoms with Crippen molar-refractivity contribution in [1.82, 2.24) is 0 Å². The molecule has 1 rings (SSSR count). The van der Waals surface area contributed by atoms with Crippen molar-refractivity contribution in [3.63, 3.8) is 0 Å². The summed E-state index contributed by atoms with van der Waals surface area (Å²) in [5.74, 6) is 3.84. The van der Waals surface area contributed by atoms with Crippen LogP contribution in [0.15, 0.2) is 0 Å². The molecule has 0 N–H and O–H groups in total. The summed E-state index contributed by atoms with van der Waals surface area (Å²) in [5, 5.41) is 0. The van der Waals surface area contributed by atoms with Crippen LogP contribution >= 0.6 is 0 Å². The number of rotatable bonds is 5. The second-order valence-corrected chi connectivity index (χ2v) is 5.68. The van der Waals surface area contributed by atoms with Crippen LogP contribution in [0.2, 0.25) is 0 Å². The minimum atomic E-state index is 0.872. The van der Waals surface area contributed by atoms with Crippen molar-refractivity contribution < 1.29 is 0 Å². The van der Waals surface area contributed by atoms with Crippen molar-refractivity contribution in [1.29, 1.82) is 0 Å². The van der Waals surface area contributed by atoms with Crippen LogP contribution in [0.3, 0.4) is 0 Å². The molecule has 0 heteroatoms. The monoisotopic (exact) mass is 196 g/mol. The van der Waals surface area contributed by atoms with Gasteiger partial charge in [-0.2, -0.15) is 0 Å². The van der Waals surface area contributed by atoms with E-state index in [0.29, 0.717) is 0 Å². The van der Waals surface area contributed by atoms with Crippen LogP contribution < -0.4 is 0 Å². The van der Waals surface area contributed by atoms with Gasteiger partial charge in [0.05, 0.1) is 0 Å².